The first-order chi connectivity index (χ1) is 11.8. The highest BCUT2D eigenvalue weighted by Crippen LogP contribution is 2.23. The summed E-state index contributed by atoms with van der Waals surface area (Å²) < 4.78 is 1.85. The fourth-order valence-corrected chi connectivity index (χ4v) is 4.16. The van der Waals surface area contributed by atoms with E-state index in [1.54, 1.807) is 0 Å². The first-order valence-corrected chi connectivity index (χ1v) is 9.46. The molecule has 6 heteroatoms. The maximum Gasteiger partial charge on any atom is 0.178 e. The summed E-state index contributed by atoms with van der Waals surface area (Å²) in [6.45, 7) is 8.02. The van der Waals surface area contributed by atoms with Gasteiger partial charge in [-0.2, -0.15) is 4.52 Å². The number of hydrogen-bond donors (Lipinski definition) is 0. The maximum atomic E-state index is 4.76. The first-order valence-electron chi connectivity index (χ1n) is 9.46. The molecule has 2 aliphatic rings. The number of aryl methyl sites for hydroxylation is 1. The van der Waals surface area contributed by atoms with Crippen LogP contribution in [0.15, 0.2) is 12.1 Å². The Kier molecular flexibility index (Phi) is 4.65. The smallest absolute Gasteiger partial charge is 0.178 e. The number of anilines is 1. The monoisotopic (exact) mass is 328 g/mol. The summed E-state index contributed by atoms with van der Waals surface area (Å²) in [7, 11) is 0. The molecule has 0 spiro atoms. The zero-order valence-corrected chi connectivity index (χ0v) is 14.7. The SMILES string of the molecule is Cc1nnc2ccc(N3CCC[C@H](CN4CCCCCC4)C3)nn12. The molecular formula is C18H28N6. The Bertz CT molecular complexity index is 673. The zero-order valence-electron chi connectivity index (χ0n) is 14.7. The lowest BCUT2D eigenvalue weighted by Gasteiger charge is -2.36. The van der Waals surface area contributed by atoms with E-state index in [1.165, 1.54) is 58.2 Å². The van der Waals surface area contributed by atoms with Gasteiger partial charge in [0, 0.05) is 19.6 Å². The standard InChI is InChI=1S/C18H28N6/c1-15-19-20-17-8-9-18(21-24(15)17)23-12-6-7-16(14-23)13-22-10-4-2-3-5-11-22/h8-9,16H,2-7,10-14H2,1H3/t16-/m1/s1. The molecule has 0 aliphatic carbocycles. The number of nitrogens with zero attached hydrogens (tertiary/aromatic N) is 6. The summed E-state index contributed by atoms with van der Waals surface area (Å²) in [5.41, 5.74) is 0.828. The van der Waals surface area contributed by atoms with Gasteiger partial charge in [-0.25, -0.2) is 0 Å². The van der Waals surface area contributed by atoms with E-state index >= 15 is 0 Å². The minimum Gasteiger partial charge on any atom is -0.355 e. The van der Waals surface area contributed by atoms with Crippen LogP contribution in [-0.2, 0) is 0 Å². The highest BCUT2D eigenvalue weighted by Gasteiger charge is 2.24. The minimum atomic E-state index is 0.761. The predicted molar refractivity (Wildman–Crippen MR) is 95.4 cm³/mol. The second-order valence-electron chi connectivity index (χ2n) is 7.38. The molecule has 6 nitrogen and oxygen atoms in total. The molecule has 2 fully saturated rings. The van der Waals surface area contributed by atoms with Crippen molar-refractivity contribution in [3.63, 3.8) is 0 Å². The lowest BCUT2D eigenvalue weighted by Crippen LogP contribution is -2.41. The van der Waals surface area contributed by atoms with Crippen molar-refractivity contribution in [3.05, 3.63) is 18.0 Å². The quantitative estimate of drug-likeness (QED) is 0.866. The van der Waals surface area contributed by atoms with Crippen LogP contribution in [0, 0.1) is 12.8 Å². The third kappa shape index (κ3) is 3.38. The molecular weight excluding hydrogens is 300 g/mol. The Hall–Kier alpha value is -1.69. The lowest BCUT2D eigenvalue weighted by molar-refractivity contribution is 0.222. The fourth-order valence-electron chi connectivity index (χ4n) is 4.16. The molecule has 2 saturated heterocycles. The summed E-state index contributed by atoms with van der Waals surface area (Å²) in [4.78, 5) is 5.15. The second kappa shape index (κ2) is 7.05. The van der Waals surface area contributed by atoms with Gasteiger partial charge in [-0.05, 0) is 63.7 Å². The van der Waals surface area contributed by atoms with Crippen LogP contribution in [-0.4, -0.2) is 57.4 Å². The summed E-state index contributed by atoms with van der Waals surface area (Å²) in [6.07, 6.45) is 8.19. The van der Waals surface area contributed by atoms with E-state index < -0.39 is 0 Å². The number of rotatable bonds is 3. The number of likely N-dealkylation sites (tertiary alicyclic amines) is 1. The van der Waals surface area contributed by atoms with Crippen molar-refractivity contribution >= 4 is 11.5 Å². The van der Waals surface area contributed by atoms with Crippen LogP contribution in [0.25, 0.3) is 5.65 Å². The zero-order chi connectivity index (χ0) is 16.4. The van der Waals surface area contributed by atoms with E-state index in [0.29, 0.717) is 0 Å². The molecule has 0 saturated carbocycles. The van der Waals surface area contributed by atoms with Crippen LogP contribution < -0.4 is 4.90 Å². The van der Waals surface area contributed by atoms with Gasteiger partial charge in [0.25, 0.3) is 0 Å². The summed E-state index contributed by atoms with van der Waals surface area (Å²) in [5, 5.41) is 13.0. The van der Waals surface area contributed by atoms with Crippen molar-refractivity contribution < 1.29 is 0 Å². The van der Waals surface area contributed by atoms with Gasteiger partial charge in [-0.1, -0.05) is 12.8 Å². The van der Waals surface area contributed by atoms with Gasteiger partial charge in [0.2, 0.25) is 0 Å². The van der Waals surface area contributed by atoms with Crippen LogP contribution in [0.5, 0.6) is 0 Å². The molecule has 0 bridgehead atoms. The molecule has 0 radical (unpaired) electrons. The molecule has 4 rings (SSSR count). The Morgan fingerprint density at radius 1 is 1.00 bits per heavy atom. The highest BCUT2D eigenvalue weighted by molar-refractivity contribution is 5.46. The van der Waals surface area contributed by atoms with Crippen molar-refractivity contribution in [1.29, 1.82) is 0 Å². The molecule has 0 amide bonds. The minimum absolute atomic E-state index is 0.761. The second-order valence-corrected chi connectivity index (χ2v) is 7.38. The van der Waals surface area contributed by atoms with Gasteiger partial charge in [0.15, 0.2) is 11.5 Å². The Balaban J connectivity index is 1.44. The van der Waals surface area contributed by atoms with Gasteiger partial charge in [-0.3, -0.25) is 0 Å². The fraction of sp³-hybridized carbons (Fsp3) is 0.722. The summed E-state index contributed by atoms with van der Waals surface area (Å²) >= 11 is 0. The largest absolute Gasteiger partial charge is 0.355 e. The van der Waals surface area contributed by atoms with Gasteiger partial charge < -0.3 is 9.80 Å². The van der Waals surface area contributed by atoms with E-state index in [1.807, 2.05) is 17.5 Å². The van der Waals surface area contributed by atoms with E-state index in [4.69, 9.17) is 5.10 Å². The van der Waals surface area contributed by atoms with Crippen molar-refractivity contribution in [1.82, 2.24) is 24.7 Å². The van der Waals surface area contributed by atoms with E-state index in [2.05, 4.69) is 26.1 Å². The Morgan fingerprint density at radius 2 is 1.83 bits per heavy atom. The molecule has 130 valence electrons. The third-order valence-electron chi connectivity index (χ3n) is 5.46. The van der Waals surface area contributed by atoms with Gasteiger partial charge in [0.1, 0.15) is 5.82 Å². The summed E-state index contributed by atoms with van der Waals surface area (Å²) in [6, 6.07) is 4.12. The number of aromatic nitrogens is 4. The first kappa shape index (κ1) is 15.8. The lowest BCUT2D eigenvalue weighted by atomic mass is 9.97. The van der Waals surface area contributed by atoms with E-state index in [9.17, 15) is 0 Å². The van der Waals surface area contributed by atoms with Crippen LogP contribution in [0.2, 0.25) is 0 Å². The maximum absolute atomic E-state index is 4.76. The van der Waals surface area contributed by atoms with Gasteiger partial charge in [0.05, 0.1) is 0 Å². The molecule has 0 unspecified atom stereocenters. The summed E-state index contributed by atoms with van der Waals surface area (Å²) in [5.74, 6) is 2.67. The Labute approximate surface area is 143 Å². The average Bonchev–Trinajstić information content (AvgIpc) is 2.81. The molecule has 0 N–H and O–H groups in total. The average molecular weight is 328 g/mol. The number of piperidine rings is 1. The van der Waals surface area contributed by atoms with Crippen molar-refractivity contribution in [2.24, 2.45) is 5.92 Å². The number of fused-ring (bicyclic) bond motifs is 1. The van der Waals surface area contributed by atoms with Crippen LogP contribution in [0.4, 0.5) is 5.82 Å². The van der Waals surface area contributed by atoms with Crippen molar-refractivity contribution in [2.75, 3.05) is 37.6 Å². The van der Waals surface area contributed by atoms with Crippen LogP contribution in [0.1, 0.15) is 44.3 Å². The molecule has 4 heterocycles. The third-order valence-corrected chi connectivity index (χ3v) is 5.46. The molecule has 1 atom stereocenters. The predicted octanol–water partition coefficient (Wildman–Crippen LogP) is 2.53. The normalized spacial score (nSPS) is 23.5. The van der Waals surface area contributed by atoms with Crippen molar-refractivity contribution in [2.45, 2.75) is 45.4 Å². The molecule has 2 aromatic rings. The van der Waals surface area contributed by atoms with Crippen LogP contribution >= 0.6 is 0 Å². The number of hydrogen-bond acceptors (Lipinski definition) is 5. The topological polar surface area (TPSA) is 49.6 Å². The van der Waals surface area contributed by atoms with Gasteiger partial charge in [-0.15, -0.1) is 15.3 Å². The molecule has 24 heavy (non-hydrogen) atoms. The van der Waals surface area contributed by atoms with Crippen molar-refractivity contribution in [3.8, 4) is 0 Å². The van der Waals surface area contributed by atoms with Crippen LogP contribution in [0.3, 0.4) is 0 Å². The molecule has 2 aromatic heterocycles. The highest BCUT2D eigenvalue weighted by atomic mass is 15.4. The Morgan fingerprint density at radius 3 is 2.67 bits per heavy atom. The van der Waals surface area contributed by atoms with E-state index in [-0.39, 0.29) is 0 Å². The van der Waals surface area contributed by atoms with Gasteiger partial charge >= 0.3 is 0 Å². The van der Waals surface area contributed by atoms with E-state index in [0.717, 1.165) is 36.3 Å². The molecule has 0 aromatic carbocycles. The molecule has 2 aliphatic heterocycles.